The molecule has 0 atom stereocenters. The van der Waals surface area contributed by atoms with Crippen LogP contribution >= 0.6 is 11.3 Å². The average Bonchev–Trinajstić information content (AvgIpc) is 2.94. The summed E-state index contributed by atoms with van der Waals surface area (Å²) < 4.78 is 0. The van der Waals surface area contributed by atoms with E-state index in [4.69, 9.17) is 0 Å². The third-order valence-corrected chi connectivity index (χ3v) is 4.33. The Morgan fingerprint density at radius 3 is 2.32 bits per heavy atom. The Bertz CT molecular complexity index is 657. The van der Waals surface area contributed by atoms with Gasteiger partial charge in [0.25, 0.3) is 0 Å². The summed E-state index contributed by atoms with van der Waals surface area (Å²) in [7, 11) is 0. The molecule has 1 N–H and O–H groups in total. The van der Waals surface area contributed by atoms with Gasteiger partial charge in [-0.25, -0.2) is 0 Å². The van der Waals surface area contributed by atoms with E-state index < -0.39 is 0 Å². The van der Waals surface area contributed by atoms with E-state index in [0.717, 1.165) is 10.6 Å². The van der Waals surface area contributed by atoms with Crippen LogP contribution in [0.2, 0.25) is 0 Å². The van der Waals surface area contributed by atoms with Crippen molar-refractivity contribution in [2.24, 2.45) is 0 Å². The Morgan fingerprint density at radius 1 is 1.09 bits per heavy atom. The van der Waals surface area contributed by atoms with Gasteiger partial charge in [0.15, 0.2) is 0 Å². The van der Waals surface area contributed by atoms with Gasteiger partial charge in [0.05, 0.1) is 0 Å². The van der Waals surface area contributed by atoms with Crippen LogP contribution < -0.4 is 5.32 Å². The highest BCUT2D eigenvalue weighted by Crippen LogP contribution is 2.22. The van der Waals surface area contributed by atoms with E-state index in [9.17, 15) is 4.79 Å². The number of anilines is 1. The van der Waals surface area contributed by atoms with E-state index in [1.165, 1.54) is 23.0 Å². The lowest BCUT2D eigenvalue weighted by molar-refractivity contribution is -0.111. The Labute approximate surface area is 135 Å². The van der Waals surface area contributed by atoms with Gasteiger partial charge in [0.1, 0.15) is 5.01 Å². The van der Waals surface area contributed by atoms with Crippen molar-refractivity contribution in [2.75, 3.05) is 5.32 Å². The first kappa shape index (κ1) is 16.4. The molecular weight excluding hydrogens is 294 g/mol. The molecule has 1 aromatic carbocycles. The van der Waals surface area contributed by atoms with Crippen LogP contribution in [-0.2, 0) is 4.79 Å². The lowest BCUT2D eigenvalue weighted by Crippen LogP contribution is -2.07. The lowest BCUT2D eigenvalue weighted by atomic mass is 10.0. The van der Waals surface area contributed by atoms with E-state index in [0.29, 0.717) is 17.0 Å². The number of benzene rings is 1. The molecule has 116 valence electrons. The molecule has 5 heteroatoms. The van der Waals surface area contributed by atoms with Crippen molar-refractivity contribution in [1.29, 1.82) is 0 Å². The van der Waals surface area contributed by atoms with Crippen LogP contribution in [-0.4, -0.2) is 16.1 Å². The molecule has 1 heterocycles. The zero-order valence-electron chi connectivity index (χ0n) is 13.3. The quantitative estimate of drug-likeness (QED) is 0.830. The van der Waals surface area contributed by atoms with Crippen LogP contribution in [0.25, 0.3) is 6.08 Å². The molecule has 0 unspecified atom stereocenters. The lowest BCUT2D eigenvalue weighted by Gasteiger charge is -2.04. The largest absolute Gasteiger partial charge is 0.297 e. The molecule has 0 fully saturated rings. The van der Waals surface area contributed by atoms with Gasteiger partial charge < -0.3 is 0 Å². The monoisotopic (exact) mass is 315 g/mol. The van der Waals surface area contributed by atoms with Crippen LogP contribution in [0.5, 0.6) is 0 Å². The van der Waals surface area contributed by atoms with Gasteiger partial charge in [0.2, 0.25) is 11.0 Å². The molecule has 2 rings (SSSR count). The molecule has 0 aliphatic heterocycles. The van der Waals surface area contributed by atoms with Gasteiger partial charge in [-0.3, -0.25) is 10.1 Å². The fourth-order valence-corrected chi connectivity index (χ4v) is 2.58. The van der Waals surface area contributed by atoms with Crippen molar-refractivity contribution in [3.05, 3.63) is 46.5 Å². The highest BCUT2D eigenvalue weighted by Gasteiger charge is 2.08. The molecule has 0 saturated carbocycles. The minimum absolute atomic E-state index is 0.195. The van der Waals surface area contributed by atoms with Gasteiger partial charge in [-0.15, -0.1) is 10.2 Å². The summed E-state index contributed by atoms with van der Waals surface area (Å²) in [6.07, 6.45) is 3.31. The average molecular weight is 315 g/mol. The smallest absolute Gasteiger partial charge is 0.250 e. The number of carbonyl (C=O) groups excluding carboxylic acids is 1. The van der Waals surface area contributed by atoms with Crippen LogP contribution in [0.1, 0.15) is 55.7 Å². The van der Waals surface area contributed by atoms with E-state index in [1.807, 2.05) is 26.0 Å². The molecule has 1 aromatic heterocycles. The van der Waals surface area contributed by atoms with Gasteiger partial charge in [0, 0.05) is 12.0 Å². The molecule has 2 aromatic rings. The summed E-state index contributed by atoms with van der Waals surface area (Å²) >= 11 is 1.41. The standard InChI is InChI=1S/C17H21N3OS/c1-11(2)14-8-5-13(6-9-14)7-10-15(21)18-17-20-19-16(22-17)12(3)4/h5-12H,1-4H3,(H,18,20,21)/b10-7+. The van der Waals surface area contributed by atoms with Crippen molar-refractivity contribution in [3.63, 3.8) is 0 Å². The van der Waals surface area contributed by atoms with Crippen molar-refractivity contribution in [2.45, 2.75) is 39.5 Å². The summed E-state index contributed by atoms with van der Waals surface area (Å²) in [4.78, 5) is 11.9. The molecule has 1 amide bonds. The SMILES string of the molecule is CC(C)c1ccc(/C=C/C(=O)Nc2nnc(C(C)C)s2)cc1. The topological polar surface area (TPSA) is 54.9 Å². The summed E-state index contributed by atoms with van der Waals surface area (Å²) in [6.45, 7) is 8.41. The molecule has 0 aliphatic rings. The second-order valence-electron chi connectivity index (χ2n) is 5.74. The first-order valence-corrected chi connectivity index (χ1v) is 8.19. The van der Waals surface area contributed by atoms with E-state index in [1.54, 1.807) is 6.08 Å². The number of hydrogen-bond acceptors (Lipinski definition) is 4. The minimum atomic E-state index is -0.195. The van der Waals surface area contributed by atoms with Crippen molar-refractivity contribution >= 4 is 28.5 Å². The minimum Gasteiger partial charge on any atom is -0.297 e. The second-order valence-corrected chi connectivity index (χ2v) is 6.75. The van der Waals surface area contributed by atoms with Gasteiger partial charge in [-0.1, -0.05) is 63.3 Å². The maximum Gasteiger partial charge on any atom is 0.250 e. The second kappa shape index (κ2) is 7.31. The highest BCUT2D eigenvalue weighted by atomic mass is 32.1. The number of carbonyl (C=O) groups is 1. The highest BCUT2D eigenvalue weighted by molar-refractivity contribution is 7.15. The summed E-state index contributed by atoms with van der Waals surface area (Å²) in [5, 5.41) is 12.2. The van der Waals surface area contributed by atoms with Crippen LogP contribution in [0.15, 0.2) is 30.3 Å². The first-order valence-electron chi connectivity index (χ1n) is 7.38. The Morgan fingerprint density at radius 2 is 1.77 bits per heavy atom. The van der Waals surface area contributed by atoms with E-state index >= 15 is 0 Å². The molecule has 0 radical (unpaired) electrons. The first-order chi connectivity index (χ1) is 10.5. The summed E-state index contributed by atoms with van der Waals surface area (Å²) in [5.74, 6) is 0.631. The predicted octanol–water partition coefficient (Wildman–Crippen LogP) is 4.44. The zero-order chi connectivity index (χ0) is 16.1. The number of aromatic nitrogens is 2. The number of amides is 1. The summed E-state index contributed by atoms with van der Waals surface area (Å²) in [6, 6.07) is 8.20. The third-order valence-electron chi connectivity index (χ3n) is 3.19. The van der Waals surface area contributed by atoms with Gasteiger partial charge in [-0.05, 0) is 23.1 Å². The number of nitrogens with zero attached hydrogens (tertiary/aromatic N) is 2. The van der Waals surface area contributed by atoms with Gasteiger partial charge >= 0.3 is 0 Å². The molecular formula is C17H21N3OS. The van der Waals surface area contributed by atoms with Crippen LogP contribution in [0.4, 0.5) is 5.13 Å². The van der Waals surface area contributed by atoms with Crippen molar-refractivity contribution in [1.82, 2.24) is 10.2 Å². The molecule has 0 saturated heterocycles. The Hall–Kier alpha value is -2.01. The maximum absolute atomic E-state index is 11.9. The third kappa shape index (κ3) is 4.49. The van der Waals surface area contributed by atoms with Gasteiger partial charge in [-0.2, -0.15) is 0 Å². The number of rotatable bonds is 5. The van der Waals surface area contributed by atoms with Crippen molar-refractivity contribution < 1.29 is 4.79 Å². The summed E-state index contributed by atoms with van der Waals surface area (Å²) in [5.41, 5.74) is 2.29. The molecule has 0 aliphatic carbocycles. The normalized spacial score (nSPS) is 11.5. The van der Waals surface area contributed by atoms with Crippen LogP contribution in [0, 0.1) is 0 Å². The predicted molar refractivity (Wildman–Crippen MR) is 92.2 cm³/mol. The number of hydrogen-bond donors (Lipinski definition) is 1. The van der Waals surface area contributed by atoms with E-state index in [2.05, 4.69) is 41.5 Å². The van der Waals surface area contributed by atoms with E-state index in [-0.39, 0.29) is 5.91 Å². The molecule has 4 nitrogen and oxygen atoms in total. The zero-order valence-corrected chi connectivity index (χ0v) is 14.1. The maximum atomic E-state index is 11.9. The molecule has 0 spiro atoms. The molecule has 22 heavy (non-hydrogen) atoms. The Balaban J connectivity index is 1.95. The molecule has 0 bridgehead atoms. The number of nitrogens with one attached hydrogen (secondary N) is 1. The van der Waals surface area contributed by atoms with Crippen molar-refractivity contribution in [3.8, 4) is 0 Å². The van der Waals surface area contributed by atoms with Crippen LogP contribution in [0.3, 0.4) is 0 Å². The Kier molecular flexibility index (Phi) is 5.44. The fraction of sp³-hybridized carbons (Fsp3) is 0.353. The fourth-order valence-electron chi connectivity index (χ4n) is 1.83.